The number of rotatable bonds is 10. The number of likely N-dealkylation sites (tertiary alicyclic amines) is 1. The SMILES string of the molecule is COCCOCCOCCN1CCCCC1C(=O)O. The maximum atomic E-state index is 11.1. The van der Waals surface area contributed by atoms with E-state index < -0.39 is 5.97 Å². The average Bonchev–Trinajstić information content (AvgIpc) is 2.42. The van der Waals surface area contributed by atoms with Crippen molar-refractivity contribution in [3.8, 4) is 0 Å². The van der Waals surface area contributed by atoms with E-state index in [-0.39, 0.29) is 6.04 Å². The van der Waals surface area contributed by atoms with Gasteiger partial charge in [-0.25, -0.2) is 0 Å². The van der Waals surface area contributed by atoms with Crippen molar-refractivity contribution >= 4 is 5.97 Å². The molecule has 1 N–H and O–H groups in total. The molecule has 0 radical (unpaired) electrons. The van der Waals surface area contributed by atoms with Gasteiger partial charge in [-0.2, -0.15) is 0 Å². The van der Waals surface area contributed by atoms with Crippen molar-refractivity contribution in [3.63, 3.8) is 0 Å². The monoisotopic (exact) mass is 275 g/mol. The third-order valence-electron chi connectivity index (χ3n) is 3.23. The van der Waals surface area contributed by atoms with Gasteiger partial charge in [0.25, 0.3) is 0 Å². The molecule has 1 rings (SSSR count). The Morgan fingerprint density at radius 1 is 1.16 bits per heavy atom. The van der Waals surface area contributed by atoms with E-state index in [9.17, 15) is 4.79 Å². The number of hydrogen-bond donors (Lipinski definition) is 1. The standard InChI is InChI=1S/C13H25NO5/c1-17-8-9-19-11-10-18-7-6-14-5-3-2-4-12(14)13(15)16/h12H,2-11H2,1H3,(H,15,16). The zero-order chi connectivity index (χ0) is 13.9. The topological polar surface area (TPSA) is 68.2 Å². The molecule has 0 bridgehead atoms. The smallest absolute Gasteiger partial charge is 0.320 e. The molecule has 1 saturated heterocycles. The van der Waals surface area contributed by atoms with E-state index in [2.05, 4.69) is 0 Å². The number of ether oxygens (including phenoxy) is 3. The number of carboxylic acid groups (broad SMARTS) is 1. The Morgan fingerprint density at radius 3 is 2.53 bits per heavy atom. The van der Waals surface area contributed by atoms with Gasteiger partial charge in [0.15, 0.2) is 0 Å². The molecular weight excluding hydrogens is 250 g/mol. The van der Waals surface area contributed by atoms with Gasteiger partial charge >= 0.3 is 5.97 Å². The zero-order valence-electron chi connectivity index (χ0n) is 11.7. The number of methoxy groups -OCH3 is 1. The highest BCUT2D eigenvalue weighted by Gasteiger charge is 2.27. The molecule has 112 valence electrons. The molecule has 6 heteroatoms. The molecule has 1 heterocycles. The number of piperidine rings is 1. The summed E-state index contributed by atoms with van der Waals surface area (Å²) < 4.78 is 15.6. The molecule has 1 aliphatic heterocycles. The van der Waals surface area contributed by atoms with Crippen LogP contribution in [0.2, 0.25) is 0 Å². The molecule has 1 aliphatic rings. The maximum Gasteiger partial charge on any atom is 0.320 e. The van der Waals surface area contributed by atoms with E-state index in [1.807, 2.05) is 4.90 Å². The average molecular weight is 275 g/mol. The molecule has 0 amide bonds. The molecule has 19 heavy (non-hydrogen) atoms. The number of nitrogens with zero attached hydrogens (tertiary/aromatic N) is 1. The Bertz CT molecular complexity index is 249. The minimum Gasteiger partial charge on any atom is -0.480 e. The second-order valence-electron chi connectivity index (χ2n) is 4.60. The van der Waals surface area contributed by atoms with Gasteiger partial charge < -0.3 is 19.3 Å². The van der Waals surface area contributed by atoms with Crippen LogP contribution < -0.4 is 0 Å². The number of aliphatic carboxylic acids is 1. The molecule has 1 fully saturated rings. The lowest BCUT2D eigenvalue weighted by Crippen LogP contribution is -2.46. The van der Waals surface area contributed by atoms with Crippen LogP contribution in [0.25, 0.3) is 0 Å². The van der Waals surface area contributed by atoms with Crippen LogP contribution in [0.1, 0.15) is 19.3 Å². The second kappa shape index (κ2) is 10.1. The summed E-state index contributed by atoms with van der Waals surface area (Å²) in [5, 5.41) is 9.12. The minimum absolute atomic E-state index is 0.338. The van der Waals surface area contributed by atoms with Crippen molar-refractivity contribution in [1.82, 2.24) is 4.90 Å². The van der Waals surface area contributed by atoms with Gasteiger partial charge in [0.2, 0.25) is 0 Å². The van der Waals surface area contributed by atoms with E-state index in [0.29, 0.717) is 39.6 Å². The van der Waals surface area contributed by atoms with Crippen LogP contribution >= 0.6 is 0 Å². The normalized spacial score (nSPS) is 20.6. The van der Waals surface area contributed by atoms with Gasteiger partial charge in [0.05, 0.1) is 33.0 Å². The Balaban J connectivity index is 2.02. The predicted molar refractivity (Wildman–Crippen MR) is 70.4 cm³/mol. The van der Waals surface area contributed by atoms with Crippen LogP contribution in [0.15, 0.2) is 0 Å². The van der Waals surface area contributed by atoms with Crippen LogP contribution in [0.4, 0.5) is 0 Å². The number of carboxylic acids is 1. The van der Waals surface area contributed by atoms with Gasteiger partial charge in [-0.05, 0) is 19.4 Å². The summed E-state index contributed by atoms with van der Waals surface area (Å²) in [6, 6.07) is -0.338. The molecule has 0 aromatic heterocycles. The van der Waals surface area contributed by atoms with Gasteiger partial charge in [0, 0.05) is 13.7 Å². The van der Waals surface area contributed by atoms with E-state index in [0.717, 1.165) is 25.8 Å². The fourth-order valence-corrected chi connectivity index (χ4v) is 2.18. The molecule has 6 nitrogen and oxygen atoms in total. The Labute approximate surface area is 114 Å². The Hall–Kier alpha value is -0.690. The lowest BCUT2D eigenvalue weighted by molar-refractivity contribution is -0.144. The van der Waals surface area contributed by atoms with Crippen LogP contribution in [-0.4, -0.2) is 75.3 Å². The summed E-state index contributed by atoms with van der Waals surface area (Å²) in [5.74, 6) is -0.720. The molecule has 0 aromatic rings. The lowest BCUT2D eigenvalue weighted by atomic mass is 10.0. The van der Waals surface area contributed by atoms with Crippen molar-refractivity contribution in [1.29, 1.82) is 0 Å². The van der Waals surface area contributed by atoms with Crippen LogP contribution in [0, 0.1) is 0 Å². The Kier molecular flexibility index (Phi) is 8.73. The van der Waals surface area contributed by atoms with E-state index >= 15 is 0 Å². The van der Waals surface area contributed by atoms with Crippen molar-refractivity contribution in [2.45, 2.75) is 25.3 Å². The highest BCUT2D eigenvalue weighted by atomic mass is 16.5. The van der Waals surface area contributed by atoms with Gasteiger partial charge in [-0.3, -0.25) is 9.69 Å². The highest BCUT2D eigenvalue weighted by Crippen LogP contribution is 2.16. The summed E-state index contributed by atoms with van der Waals surface area (Å²) in [4.78, 5) is 13.1. The van der Waals surface area contributed by atoms with E-state index in [1.54, 1.807) is 7.11 Å². The van der Waals surface area contributed by atoms with Gasteiger partial charge in [-0.1, -0.05) is 6.42 Å². The fourth-order valence-electron chi connectivity index (χ4n) is 2.18. The maximum absolute atomic E-state index is 11.1. The molecule has 1 atom stereocenters. The zero-order valence-corrected chi connectivity index (χ0v) is 11.7. The second-order valence-corrected chi connectivity index (χ2v) is 4.60. The first-order valence-corrected chi connectivity index (χ1v) is 6.87. The van der Waals surface area contributed by atoms with Gasteiger partial charge in [0.1, 0.15) is 6.04 Å². The molecule has 0 spiro atoms. The first kappa shape index (κ1) is 16.4. The molecule has 0 saturated carbocycles. The molecule has 1 unspecified atom stereocenters. The van der Waals surface area contributed by atoms with Crippen LogP contribution in [0.5, 0.6) is 0 Å². The quantitative estimate of drug-likeness (QED) is 0.589. The number of hydrogen-bond acceptors (Lipinski definition) is 5. The summed E-state index contributed by atoms with van der Waals surface area (Å²) in [7, 11) is 1.64. The van der Waals surface area contributed by atoms with Crippen molar-refractivity contribution < 1.29 is 24.1 Å². The molecule has 0 aromatic carbocycles. The summed E-state index contributed by atoms with van der Waals surface area (Å²) >= 11 is 0. The van der Waals surface area contributed by atoms with Crippen molar-refractivity contribution in [3.05, 3.63) is 0 Å². The number of carbonyl (C=O) groups is 1. The first-order chi connectivity index (χ1) is 9.25. The fraction of sp³-hybridized carbons (Fsp3) is 0.923. The van der Waals surface area contributed by atoms with Gasteiger partial charge in [-0.15, -0.1) is 0 Å². The van der Waals surface area contributed by atoms with Crippen molar-refractivity contribution in [2.24, 2.45) is 0 Å². The van der Waals surface area contributed by atoms with E-state index in [1.165, 1.54) is 0 Å². The molecular formula is C13H25NO5. The summed E-state index contributed by atoms with van der Waals surface area (Å²) in [6.07, 6.45) is 2.82. The summed E-state index contributed by atoms with van der Waals surface area (Å²) in [5.41, 5.74) is 0. The predicted octanol–water partition coefficient (Wildman–Crippen LogP) is 0.605. The van der Waals surface area contributed by atoms with Crippen LogP contribution in [-0.2, 0) is 19.0 Å². The van der Waals surface area contributed by atoms with Crippen molar-refractivity contribution in [2.75, 3.05) is 53.2 Å². The summed E-state index contributed by atoms with van der Waals surface area (Å²) in [6.45, 7) is 4.33. The lowest BCUT2D eigenvalue weighted by Gasteiger charge is -2.32. The Morgan fingerprint density at radius 2 is 1.84 bits per heavy atom. The largest absolute Gasteiger partial charge is 0.480 e. The highest BCUT2D eigenvalue weighted by molar-refractivity contribution is 5.73. The third kappa shape index (κ3) is 6.87. The third-order valence-corrected chi connectivity index (χ3v) is 3.23. The molecule has 0 aliphatic carbocycles. The van der Waals surface area contributed by atoms with E-state index in [4.69, 9.17) is 19.3 Å². The first-order valence-electron chi connectivity index (χ1n) is 6.87. The van der Waals surface area contributed by atoms with Crippen LogP contribution in [0.3, 0.4) is 0 Å². The minimum atomic E-state index is -0.720.